The van der Waals surface area contributed by atoms with Gasteiger partial charge < -0.3 is 0 Å². The van der Waals surface area contributed by atoms with Crippen molar-refractivity contribution in [2.24, 2.45) is 5.92 Å². The van der Waals surface area contributed by atoms with E-state index in [1.165, 1.54) is 0 Å². The maximum absolute atomic E-state index is 11.4. The van der Waals surface area contributed by atoms with Crippen molar-refractivity contribution in [3.63, 3.8) is 0 Å². The number of fused-ring (bicyclic) bond motifs is 1. The van der Waals surface area contributed by atoms with Gasteiger partial charge in [0.2, 0.25) is 0 Å². The summed E-state index contributed by atoms with van der Waals surface area (Å²) in [6, 6.07) is 0. The molecule has 0 aromatic heterocycles. The van der Waals surface area contributed by atoms with E-state index < -0.39 is 9.84 Å². The van der Waals surface area contributed by atoms with Crippen LogP contribution in [0.15, 0.2) is 12.2 Å². The van der Waals surface area contributed by atoms with Crippen LogP contribution in [0.1, 0.15) is 19.3 Å². The second kappa shape index (κ2) is 2.34. The van der Waals surface area contributed by atoms with Crippen molar-refractivity contribution in [1.29, 1.82) is 0 Å². The molecular weight excluding hydrogens is 160 g/mol. The van der Waals surface area contributed by atoms with E-state index >= 15 is 0 Å². The lowest BCUT2D eigenvalue weighted by molar-refractivity contribution is 0.492. The van der Waals surface area contributed by atoms with Gasteiger partial charge in [-0.2, -0.15) is 0 Å². The lowest BCUT2D eigenvalue weighted by Crippen LogP contribution is -2.23. The minimum Gasteiger partial charge on any atom is -0.229 e. The van der Waals surface area contributed by atoms with Crippen molar-refractivity contribution in [3.05, 3.63) is 12.2 Å². The summed E-state index contributed by atoms with van der Waals surface area (Å²) in [5.41, 5.74) is 0. The Bertz CT molecular complexity index is 276. The van der Waals surface area contributed by atoms with Gasteiger partial charge in [0, 0.05) is 0 Å². The molecule has 62 valence electrons. The summed E-state index contributed by atoms with van der Waals surface area (Å²) in [6.45, 7) is 0. The molecule has 0 radical (unpaired) electrons. The fraction of sp³-hybridized carbons (Fsp3) is 0.750. The average molecular weight is 172 g/mol. The van der Waals surface area contributed by atoms with E-state index in [0.717, 1.165) is 19.3 Å². The normalized spacial score (nSPS) is 40.4. The highest BCUT2D eigenvalue weighted by Crippen LogP contribution is 2.34. The summed E-state index contributed by atoms with van der Waals surface area (Å²) in [5.74, 6) is 0.856. The third kappa shape index (κ3) is 1.11. The number of hydrogen-bond acceptors (Lipinski definition) is 2. The van der Waals surface area contributed by atoms with Crippen LogP contribution in [0.5, 0.6) is 0 Å². The van der Waals surface area contributed by atoms with Crippen LogP contribution in [0.25, 0.3) is 0 Å². The van der Waals surface area contributed by atoms with Crippen molar-refractivity contribution in [1.82, 2.24) is 0 Å². The summed E-state index contributed by atoms with van der Waals surface area (Å²) in [7, 11) is -2.70. The predicted molar refractivity (Wildman–Crippen MR) is 44.1 cm³/mol. The summed E-state index contributed by atoms with van der Waals surface area (Å²) >= 11 is 0. The standard InChI is InChI=1S/C8H12O2S/c9-11(10)6-5-7-3-1-2-4-8(7)11/h1-2,7-8H,3-6H2. The van der Waals surface area contributed by atoms with E-state index in [0.29, 0.717) is 11.7 Å². The van der Waals surface area contributed by atoms with Gasteiger partial charge in [-0.3, -0.25) is 0 Å². The molecule has 0 bridgehead atoms. The minimum atomic E-state index is -2.70. The molecule has 0 aromatic carbocycles. The molecule has 2 atom stereocenters. The van der Waals surface area contributed by atoms with Gasteiger partial charge in [-0.25, -0.2) is 8.42 Å². The molecule has 0 saturated carbocycles. The molecule has 2 nitrogen and oxygen atoms in total. The van der Waals surface area contributed by atoms with Crippen LogP contribution in [0, 0.1) is 5.92 Å². The Morgan fingerprint density at radius 1 is 1.18 bits per heavy atom. The van der Waals surface area contributed by atoms with E-state index in [-0.39, 0.29) is 5.25 Å². The van der Waals surface area contributed by atoms with Crippen LogP contribution in [0.2, 0.25) is 0 Å². The molecular formula is C8H12O2S. The van der Waals surface area contributed by atoms with Crippen LogP contribution in [-0.4, -0.2) is 19.4 Å². The van der Waals surface area contributed by atoms with Gasteiger partial charge in [0.05, 0.1) is 11.0 Å². The minimum absolute atomic E-state index is 0.0347. The summed E-state index contributed by atoms with van der Waals surface area (Å²) in [4.78, 5) is 0. The molecule has 1 aliphatic heterocycles. The van der Waals surface area contributed by atoms with Crippen molar-refractivity contribution in [3.8, 4) is 0 Å². The fourth-order valence-corrected chi connectivity index (χ4v) is 4.23. The first-order valence-electron chi connectivity index (χ1n) is 4.07. The van der Waals surface area contributed by atoms with E-state index in [2.05, 4.69) is 6.08 Å². The molecule has 1 saturated heterocycles. The maximum atomic E-state index is 11.4. The molecule has 2 rings (SSSR count). The second-order valence-corrected chi connectivity index (χ2v) is 5.74. The fourth-order valence-electron chi connectivity index (χ4n) is 2.06. The largest absolute Gasteiger partial charge is 0.229 e. The molecule has 0 spiro atoms. The molecule has 1 heterocycles. The Balaban J connectivity index is 2.32. The van der Waals surface area contributed by atoms with Gasteiger partial charge in [0.15, 0.2) is 9.84 Å². The molecule has 2 aliphatic rings. The molecule has 3 heteroatoms. The van der Waals surface area contributed by atoms with Crippen molar-refractivity contribution in [2.45, 2.75) is 24.5 Å². The predicted octanol–water partition coefficient (Wildman–Crippen LogP) is 1.14. The van der Waals surface area contributed by atoms with E-state index in [4.69, 9.17) is 0 Å². The molecule has 0 amide bonds. The molecule has 0 N–H and O–H groups in total. The van der Waals surface area contributed by atoms with Crippen molar-refractivity contribution < 1.29 is 8.42 Å². The van der Waals surface area contributed by atoms with Gasteiger partial charge in [0.25, 0.3) is 0 Å². The monoisotopic (exact) mass is 172 g/mol. The Labute approximate surface area is 67.2 Å². The lowest BCUT2D eigenvalue weighted by Gasteiger charge is -2.18. The summed E-state index contributed by atoms with van der Waals surface area (Å²) < 4.78 is 22.7. The highest BCUT2D eigenvalue weighted by Gasteiger charge is 2.39. The van der Waals surface area contributed by atoms with Crippen molar-refractivity contribution in [2.75, 3.05) is 5.75 Å². The first kappa shape index (κ1) is 7.35. The van der Waals surface area contributed by atoms with E-state index in [1.54, 1.807) is 0 Å². The number of allylic oxidation sites excluding steroid dienone is 2. The first-order valence-corrected chi connectivity index (χ1v) is 5.78. The third-order valence-electron chi connectivity index (χ3n) is 2.73. The van der Waals surface area contributed by atoms with Crippen LogP contribution in [0.3, 0.4) is 0 Å². The van der Waals surface area contributed by atoms with Crippen LogP contribution >= 0.6 is 0 Å². The summed E-state index contributed by atoms with van der Waals surface area (Å²) in [5, 5.41) is -0.0347. The van der Waals surface area contributed by atoms with Gasteiger partial charge in [0.1, 0.15) is 0 Å². The zero-order chi connectivity index (χ0) is 7.90. The Kier molecular flexibility index (Phi) is 1.56. The molecule has 11 heavy (non-hydrogen) atoms. The number of rotatable bonds is 0. The topological polar surface area (TPSA) is 34.1 Å². The van der Waals surface area contributed by atoms with Crippen LogP contribution < -0.4 is 0 Å². The molecule has 0 aromatic rings. The van der Waals surface area contributed by atoms with Gasteiger partial charge in [-0.15, -0.1) is 0 Å². The molecule has 2 unspecified atom stereocenters. The zero-order valence-corrected chi connectivity index (χ0v) is 7.18. The SMILES string of the molecule is O=S1(=O)CCC2CC=CCC21. The highest BCUT2D eigenvalue weighted by atomic mass is 32.2. The Morgan fingerprint density at radius 2 is 1.91 bits per heavy atom. The Morgan fingerprint density at radius 3 is 2.64 bits per heavy atom. The summed E-state index contributed by atoms with van der Waals surface area (Å²) in [6.07, 6.45) is 6.74. The zero-order valence-electron chi connectivity index (χ0n) is 6.36. The molecule has 1 fully saturated rings. The first-order chi connectivity index (χ1) is 5.20. The average Bonchev–Trinajstić information content (AvgIpc) is 2.29. The van der Waals surface area contributed by atoms with Gasteiger partial charge >= 0.3 is 0 Å². The third-order valence-corrected chi connectivity index (χ3v) is 5.04. The van der Waals surface area contributed by atoms with Gasteiger partial charge in [-0.1, -0.05) is 12.2 Å². The van der Waals surface area contributed by atoms with Crippen molar-refractivity contribution >= 4 is 9.84 Å². The lowest BCUT2D eigenvalue weighted by atomic mass is 9.92. The maximum Gasteiger partial charge on any atom is 0.153 e. The van der Waals surface area contributed by atoms with Crippen LogP contribution in [-0.2, 0) is 9.84 Å². The van der Waals surface area contributed by atoms with Gasteiger partial charge in [-0.05, 0) is 25.2 Å². The van der Waals surface area contributed by atoms with Crippen LogP contribution in [0.4, 0.5) is 0 Å². The van der Waals surface area contributed by atoms with E-state index in [9.17, 15) is 8.42 Å². The number of sulfone groups is 1. The Hall–Kier alpha value is -0.310. The second-order valence-electron chi connectivity index (χ2n) is 3.40. The van der Waals surface area contributed by atoms with E-state index in [1.807, 2.05) is 6.08 Å². The molecule has 1 aliphatic carbocycles. The highest BCUT2D eigenvalue weighted by molar-refractivity contribution is 7.92. The smallest absolute Gasteiger partial charge is 0.153 e. The quantitative estimate of drug-likeness (QED) is 0.513. The number of hydrogen-bond donors (Lipinski definition) is 0.